The van der Waals surface area contributed by atoms with Crippen molar-refractivity contribution in [3.63, 3.8) is 0 Å². The Morgan fingerprint density at radius 2 is 1.71 bits per heavy atom. The van der Waals surface area contributed by atoms with Gasteiger partial charge in [-0.15, -0.1) is 0 Å². The number of hydrogen-bond donors (Lipinski definition) is 2. The molecule has 1 aromatic carbocycles. The summed E-state index contributed by atoms with van der Waals surface area (Å²) < 4.78 is 0. The number of anilines is 1. The van der Waals surface area contributed by atoms with Crippen LogP contribution in [0, 0.1) is 0 Å². The fraction of sp³-hybridized carbons (Fsp3) is 0.556. The van der Waals surface area contributed by atoms with E-state index in [1.54, 1.807) is 0 Å². The number of hydrogen-bond acceptors (Lipinski definition) is 5. The zero-order valence-electron chi connectivity index (χ0n) is 13.8. The van der Waals surface area contributed by atoms with Crippen molar-refractivity contribution in [2.24, 2.45) is 0 Å². The Morgan fingerprint density at radius 3 is 2.38 bits per heavy atom. The van der Waals surface area contributed by atoms with Crippen LogP contribution in [0.25, 0.3) is 0 Å². The van der Waals surface area contributed by atoms with Crippen LogP contribution in [0.2, 0.25) is 0 Å². The minimum atomic E-state index is -0.193. The highest BCUT2D eigenvalue weighted by atomic mass is 16.2. The van der Waals surface area contributed by atoms with Crippen molar-refractivity contribution in [2.45, 2.75) is 24.8 Å². The summed E-state index contributed by atoms with van der Waals surface area (Å²) in [5.41, 5.74) is 2.22. The normalized spacial score (nSPS) is 26.2. The van der Waals surface area contributed by atoms with E-state index in [9.17, 15) is 9.59 Å². The molecule has 128 valence electrons. The number of amides is 2. The molecular formula is C18H24N4O2. The quantitative estimate of drug-likeness (QED) is 0.782. The van der Waals surface area contributed by atoms with Gasteiger partial charge >= 0.3 is 0 Å². The molecule has 24 heavy (non-hydrogen) atoms. The molecule has 2 N–H and O–H groups in total. The number of imide groups is 1. The lowest BCUT2D eigenvalue weighted by atomic mass is 9.90. The predicted octanol–water partition coefficient (Wildman–Crippen LogP) is 0.301. The summed E-state index contributed by atoms with van der Waals surface area (Å²) in [5.74, 6) is -0.518. The Bertz CT molecular complexity index is 618. The van der Waals surface area contributed by atoms with Gasteiger partial charge in [0.2, 0.25) is 11.8 Å². The van der Waals surface area contributed by atoms with Gasteiger partial charge in [-0.25, -0.2) is 0 Å². The third-order valence-corrected chi connectivity index (χ3v) is 5.43. The predicted molar refractivity (Wildman–Crippen MR) is 92.0 cm³/mol. The molecule has 3 saturated heterocycles. The van der Waals surface area contributed by atoms with Crippen LogP contribution in [0.5, 0.6) is 0 Å². The van der Waals surface area contributed by atoms with Gasteiger partial charge in [0.05, 0.1) is 5.92 Å². The van der Waals surface area contributed by atoms with E-state index in [0.717, 1.165) is 44.8 Å². The molecule has 0 aromatic heterocycles. The lowest BCUT2D eigenvalue weighted by Gasteiger charge is -2.48. The van der Waals surface area contributed by atoms with E-state index in [-0.39, 0.29) is 17.7 Å². The minimum absolute atomic E-state index is 0.160. The number of piperidine rings is 1. The van der Waals surface area contributed by atoms with Gasteiger partial charge in [0.25, 0.3) is 0 Å². The third kappa shape index (κ3) is 3.03. The largest absolute Gasteiger partial charge is 0.368 e. The standard InChI is InChI=1S/C18H24N4O2/c23-17-6-5-16(18(24)20-17)13-1-3-14(4-2-13)22-11-15(12-22)21-9-7-19-8-10-21/h1-4,15-16,19H,5-12H2,(H,20,23,24). The summed E-state index contributed by atoms with van der Waals surface area (Å²) in [6.45, 7) is 6.64. The molecule has 6 heteroatoms. The molecule has 4 rings (SSSR count). The van der Waals surface area contributed by atoms with Gasteiger partial charge in [0.1, 0.15) is 0 Å². The molecule has 3 aliphatic heterocycles. The van der Waals surface area contributed by atoms with E-state index < -0.39 is 0 Å². The summed E-state index contributed by atoms with van der Waals surface area (Å²) >= 11 is 0. The lowest BCUT2D eigenvalue weighted by Crippen LogP contribution is -2.62. The highest BCUT2D eigenvalue weighted by Gasteiger charge is 2.33. The van der Waals surface area contributed by atoms with Gasteiger partial charge in [-0.3, -0.25) is 19.8 Å². The summed E-state index contributed by atoms with van der Waals surface area (Å²) in [5, 5.41) is 5.83. The number of nitrogens with one attached hydrogen (secondary N) is 2. The van der Waals surface area contributed by atoms with Crippen molar-refractivity contribution < 1.29 is 9.59 Å². The average Bonchev–Trinajstić information content (AvgIpc) is 2.55. The molecule has 0 aliphatic carbocycles. The SMILES string of the molecule is O=C1CCC(c2ccc(N3CC(N4CCNCC4)C3)cc2)C(=O)N1. The topological polar surface area (TPSA) is 64.7 Å². The van der Waals surface area contributed by atoms with Gasteiger partial charge in [-0.05, 0) is 24.1 Å². The summed E-state index contributed by atoms with van der Waals surface area (Å²) in [6.07, 6.45) is 1.04. The molecule has 3 heterocycles. The maximum Gasteiger partial charge on any atom is 0.234 e. The third-order valence-electron chi connectivity index (χ3n) is 5.43. The van der Waals surface area contributed by atoms with Crippen molar-refractivity contribution in [1.82, 2.24) is 15.5 Å². The van der Waals surface area contributed by atoms with Crippen molar-refractivity contribution >= 4 is 17.5 Å². The molecular weight excluding hydrogens is 304 g/mol. The van der Waals surface area contributed by atoms with Crippen LogP contribution in [-0.2, 0) is 9.59 Å². The van der Waals surface area contributed by atoms with Gasteiger partial charge in [0, 0.05) is 57.4 Å². The van der Waals surface area contributed by atoms with E-state index in [2.05, 4.69) is 32.6 Å². The smallest absolute Gasteiger partial charge is 0.234 e. The fourth-order valence-corrected chi connectivity index (χ4v) is 3.87. The van der Waals surface area contributed by atoms with Crippen LogP contribution in [0.4, 0.5) is 5.69 Å². The lowest BCUT2D eigenvalue weighted by molar-refractivity contribution is -0.134. The molecule has 0 saturated carbocycles. The molecule has 0 bridgehead atoms. The van der Waals surface area contributed by atoms with Gasteiger partial charge < -0.3 is 10.2 Å². The Balaban J connectivity index is 1.35. The van der Waals surface area contributed by atoms with E-state index in [1.807, 2.05) is 12.1 Å². The van der Waals surface area contributed by atoms with Gasteiger partial charge in [0.15, 0.2) is 0 Å². The number of carbonyl (C=O) groups excluding carboxylic acids is 2. The molecule has 1 unspecified atom stereocenters. The van der Waals surface area contributed by atoms with Crippen LogP contribution >= 0.6 is 0 Å². The minimum Gasteiger partial charge on any atom is -0.368 e. The van der Waals surface area contributed by atoms with Crippen LogP contribution in [0.3, 0.4) is 0 Å². The number of piperazine rings is 1. The van der Waals surface area contributed by atoms with Crippen LogP contribution < -0.4 is 15.5 Å². The second-order valence-electron chi connectivity index (χ2n) is 6.94. The Morgan fingerprint density at radius 1 is 1.00 bits per heavy atom. The Labute approximate surface area is 142 Å². The summed E-state index contributed by atoms with van der Waals surface area (Å²) in [6, 6.07) is 8.95. The molecule has 6 nitrogen and oxygen atoms in total. The molecule has 1 aromatic rings. The van der Waals surface area contributed by atoms with Crippen LogP contribution in [-0.4, -0.2) is 62.0 Å². The number of benzene rings is 1. The Hall–Kier alpha value is -1.92. The second-order valence-corrected chi connectivity index (χ2v) is 6.94. The molecule has 0 spiro atoms. The maximum atomic E-state index is 12.0. The van der Waals surface area contributed by atoms with Crippen LogP contribution in [0.15, 0.2) is 24.3 Å². The Kier molecular flexibility index (Phi) is 4.24. The zero-order chi connectivity index (χ0) is 16.5. The van der Waals surface area contributed by atoms with Crippen molar-refractivity contribution in [3.05, 3.63) is 29.8 Å². The summed E-state index contributed by atoms with van der Waals surface area (Å²) in [7, 11) is 0. The number of rotatable bonds is 3. The van der Waals surface area contributed by atoms with Crippen molar-refractivity contribution in [1.29, 1.82) is 0 Å². The first-order valence-corrected chi connectivity index (χ1v) is 8.84. The number of nitrogens with zero attached hydrogens (tertiary/aromatic N) is 2. The van der Waals surface area contributed by atoms with Crippen molar-refractivity contribution in [2.75, 3.05) is 44.2 Å². The second kappa shape index (κ2) is 6.53. The zero-order valence-corrected chi connectivity index (χ0v) is 13.8. The van der Waals surface area contributed by atoms with Crippen molar-refractivity contribution in [3.8, 4) is 0 Å². The van der Waals surface area contributed by atoms with Crippen LogP contribution in [0.1, 0.15) is 24.3 Å². The molecule has 1 atom stereocenters. The van der Waals surface area contributed by atoms with E-state index in [1.165, 1.54) is 5.69 Å². The highest BCUT2D eigenvalue weighted by molar-refractivity contribution is 6.00. The van der Waals surface area contributed by atoms with E-state index in [4.69, 9.17) is 0 Å². The monoisotopic (exact) mass is 328 g/mol. The summed E-state index contributed by atoms with van der Waals surface area (Å²) in [4.78, 5) is 28.2. The average molecular weight is 328 g/mol. The maximum absolute atomic E-state index is 12.0. The number of carbonyl (C=O) groups is 2. The fourth-order valence-electron chi connectivity index (χ4n) is 3.87. The van der Waals surface area contributed by atoms with E-state index in [0.29, 0.717) is 18.9 Å². The first-order chi connectivity index (χ1) is 11.7. The molecule has 0 radical (unpaired) electrons. The first-order valence-electron chi connectivity index (χ1n) is 8.84. The molecule has 2 amide bonds. The molecule has 3 fully saturated rings. The van der Waals surface area contributed by atoms with E-state index >= 15 is 0 Å². The van der Waals surface area contributed by atoms with Gasteiger partial charge in [-0.2, -0.15) is 0 Å². The highest BCUT2D eigenvalue weighted by Crippen LogP contribution is 2.29. The van der Waals surface area contributed by atoms with Gasteiger partial charge in [-0.1, -0.05) is 12.1 Å². The first kappa shape index (κ1) is 15.6. The molecule has 3 aliphatic rings.